The van der Waals surface area contributed by atoms with Crippen molar-refractivity contribution in [2.45, 2.75) is 30.0 Å². The van der Waals surface area contributed by atoms with Crippen molar-refractivity contribution in [3.8, 4) is 0 Å². The molecule has 176 valence electrons. The molecule has 0 aliphatic heterocycles. The van der Waals surface area contributed by atoms with Crippen LogP contribution in [0.4, 0.5) is 13.2 Å². The quantitative estimate of drug-likeness (QED) is 0.162. The van der Waals surface area contributed by atoms with Gasteiger partial charge in [0, 0.05) is 9.79 Å². The van der Waals surface area contributed by atoms with Crippen LogP contribution in [0.3, 0.4) is 0 Å². The van der Waals surface area contributed by atoms with Crippen molar-refractivity contribution in [3.63, 3.8) is 0 Å². The molecule has 9 heteroatoms. The summed E-state index contributed by atoms with van der Waals surface area (Å²) in [5.41, 5.74) is -5.65. The van der Waals surface area contributed by atoms with E-state index in [1.807, 2.05) is 0 Å². The number of alkyl halides is 3. The van der Waals surface area contributed by atoms with Gasteiger partial charge in [0.25, 0.3) is 0 Å². The molecular weight excluding hydrogens is 501 g/mol. The number of halogens is 3. The summed E-state index contributed by atoms with van der Waals surface area (Å²) in [6.07, 6.45) is 0. The Labute approximate surface area is 203 Å². The fraction of sp³-hybridized carbons (Fsp3) is 0.0400. The van der Waals surface area contributed by atoms with Gasteiger partial charge >= 0.3 is 5.51 Å². The molecule has 0 aromatic heterocycles. The van der Waals surface area contributed by atoms with Crippen LogP contribution in [0.1, 0.15) is 0 Å². The Morgan fingerprint density at radius 3 is 1.29 bits per heavy atom. The molecule has 0 bridgehead atoms. The van der Waals surface area contributed by atoms with Crippen LogP contribution in [0.5, 0.6) is 0 Å². The molecule has 4 aromatic rings. The molecule has 0 aliphatic carbocycles. The van der Waals surface area contributed by atoms with Crippen molar-refractivity contribution in [2.24, 2.45) is 0 Å². The van der Waals surface area contributed by atoms with E-state index in [1.165, 1.54) is 24.5 Å². The molecule has 3 nitrogen and oxygen atoms in total. The Morgan fingerprint density at radius 1 is 0.588 bits per heavy atom. The molecule has 0 heterocycles. The Morgan fingerprint density at radius 2 is 0.912 bits per heavy atom. The average Bonchev–Trinajstić information content (AvgIpc) is 2.82. The first kappa shape index (κ1) is 25.9. The molecule has 0 saturated carbocycles. The first-order valence-corrected chi connectivity index (χ1v) is 13.3. The van der Waals surface area contributed by atoms with Gasteiger partial charge in [-0.15, -0.1) is 0 Å². The van der Waals surface area contributed by atoms with Crippen molar-refractivity contribution in [1.82, 2.24) is 0 Å². The van der Waals surface area contributed by atoms with Crippen LogP contribution >= 0.6 is 11.8 Å². The Bertz CT molecular complexity index is 1230. The molecule has 34 heavy (non-hydrogen) atoms. The molecule has 0 N–H and O–H groups in total. The van der Waals surface area contributed by atoms with E-state index in [0.29, 0.717) is 0 Å². The van der Waals surface area contributed by atoms with Gasteiger partial charge in [-0.05, 0) is 60.7 Å². The lowest BCUT2D eigenvalue weighted by atomic mass is 10.3. The van der Waals surface area contributed by atoms with Crippen LogP contribution in [0.2, 0.25) is 0 Å². The zero-order valence-corrected chi connectivity index (χ0v) is 20.0. The number of rotatable bonds is 5. The standard InChI is InChI=1S/C24H19S2.CHF3O3S/c1-4-10-20(11-5-1)25-21-16-18-24(19-17-21)26(22-12-6-2-7-13-22)23-14-8-3-9-15-23;2-1(3,4)8(5,6)7/h1-19H;(H,5,6,7)/q+1;/p-1. The number of hydrogen-bond acceptors (Lipinski definition) is 4. The van der Waals surface area contributed by atoms with Crippen molar-refractivity contribution in [1.29, 1.82) is 0 Å². The summed E-state index contributed by atoms with van der Waals surface area (Å²) in [4.78, 5) is 6.58. The van der Waals surface area contributed by atoms with Crippen LogP contribution in [0.15, 0.2) is 140 Å². The maximum Gasteiger partial charge on any atom is 0.485 e. The molecule has 0 aliphatic rings. The third-order valence-corrected chi connectivity index (χ3v) is 8.09. The minimum Gasteiger partial charge on any atom is -0.741 e. The van der Waals surface area contributed by atoms with Gasteiger partial charge < -0.3 is 4.55 Å². The predicted molar refractivity (Wildman–Crippen MR) is 128 cm³/mol. The molecule has 0 radical (unpaired) electrons. The molecule has 4 rings (SSSR count). The van der Waals surface area contributed by atoms with E-state index in [4.69, 9.17) is 13.0 Å². The predicted octanol–water partition coefficient (Wildman–Crippen LogP) is 6.98. The van der Waals surface area contributed by atoms with Crippen molar-refractivity contribution in [3.05, 3.63) is 115 Å². The molecule has 0 fully saturated rings. The summed E-state index contributed by atoms with van der Waals surface area (Å²) in [6, 6.07) is 41.1. The van der Waals surface area contributed by atoms with Crippen LogP contribution in [-0.2, 0) is 21.0 Å². The van der Waals surface area contributed by atoms with Crippen molar-refractivity contribution >= 4 is 32.8 Å². The lowest BCUT2D eigenvalue weighted by Crippen LogP contribution is -2.21. The normalized spacial score (nSPS) is 11.6. The molecular formula is C25H19F3O3S3. The zero-order valence-electron chi connectivity index (χ0n) is 17.6. The summed E-state index contributed by atoms with van der Waals surface area (Å²) in [7, 11) is -6.17. The smallest absolute Gasteiger partial charge is 0.485 e. The van der Waals surface area contributed by atoms with E-state index in [1.54, 1.807) is 11.8 Å². The third kappa shape index (κ3) is 7.39. The highest BCUT2D eigenvalue weighted by molar-refractivity contribution is 7.99. The highest BCUT2D eigenvalue weighted by atomic mass is 32.2. The van der Waals surface area contributed by atoms with Crippen LogP contribution in [-0.4, -0.2) is 18.5 Å². The average molecular weight is 521 g/mol. The molecule has 0 unspecified atom stereocenters. The minimum absolute atomic E-state index is 0.0786. The maximum absolute atomic E-state index is 10.7. The molecule has 0 atom stereocenters. The lowest BCUT2D eigenvalue weighted by Gasteiger charge is -2.08. The van der Waals surface area contributed by atoms with Gasteiger partial charge in [-0.2, -0.15) is 13.2 Å². The first-order valence-electron chi connectivity index (χ1n) is 9.85. The molecule has 0 spiro atoms. The largest absolute Gasteiger partial charge is 0.741 e. The summed E-state index contributed by atoms with van der Waals surface area (Å²) in [5.74, 6) is 0. The van der Waals surface area contributed by atoms with Gasteiger partial charge in [0.05, 0.1) is 10.9 Å². The Kier molecular flexibility index (Phi) is 8.84. The number of benzene rings is 4. The van der Waals surface area contributed by atoms with Gasteiger partial charge in [-0.3, -0.25) is 0 Å². The van der Waals surface area contributed by atoms with Gasteiger partial charge in [0.2, 0.25) is 0 Å². The maximum atomic E-state index is 10.7. The van der Waals surface area contributed by atoms with Crippen molar-refractivity contribution in [2.75, 3.05) is 0 Å². The van der Waals surface area contributed by atoms with E-state index >= 15 is 0 Å². The van der Waals surface area contributed by atoms with Gasteiger partial charge in [-0.1, -0.05) is 66.4 Å². The van der Waals surface area contributed by atoms with Crippen LogP contribution in [0.25, 0.3) is 0 Å². The first-order chi connectivity index (χ1) is 16.1. The lowest BCUT2D eigenvalue weighted by molar-refractivity contribution is -0.0517. The monoisotopic (exact) mass is 520 g/mol. The van der Waals surface area contributed by atoms with Crippen molar-refractivity contribution < 1.29 is 26.1 Å². The summed E-state index contributed by atoms with van der Waals surface area (Å²) in [5, 5.41) is 0. The second-order valence-corrected chi connectivity index (χ2v) is 11.3. The SMILES string of the molecule is O=S(=O)([O-])C(F)(F)F.c1ccc(Sc2ccc([S+](c3ccccc3)c3ccccc3)cc2)cc1. The van der Waals surface area contributed by atoms with Gasteiger partial charge in [0.1, 0.15) is 0 Å². The highest BCUT2D eigenvalue weighted by Crippen LogP contribution is 2.33. The van der Waals surface area contributed by atoms with E-state index in [9.17, 15) is 13.2 Å². The third-order valence-electron chi connectivity index (χ3n) is 4.28. The summed E-state index contributed by atoms with van der Waals surface area (Å²) in [6.45, 7) is 0. The van der Waals surface area contributed by atoms with E-state index in [0.717, 1.165) is 0 Å². The van der Waals surface area contributed by atoms with E-state index in [2.05, 4.69) is 115 Å². The molecule has 0 saturated heterocycles. The molecule has 0 amide bonds. The zero-order chi connectivity index (χ0) is 24.6. The second-order valence-electron chi connectivity index (χ2n) is 6.72. The van der Waals surface area contributed by atoms with Gasteiger partial charge in [0.15, 0.2) is 24.8 Å². The number of hydrogen-bond donors (Lipinski definition) is 0. The summed E-state index contributed by atoms with van der Waals surface area (Å²) < 4.78 is 58.9. The summed E-state index contributed by atoms with van der Waals surface area (Å²) >= 11 is 1.80. The Hall–Kier alpha value is -2.72. The fourth-order valence-electron chi connectivity index (χ4n) is 2.79. The van der Waals surface area contributed by atoms with Gasteiger partial charge in [-0.25, -0.2) is 8.42 Å². The van der Waals surface area contributed by atoms with Crippen LogP contribution in [0, 0.1) is 0 Å². The molecule has 4 aromatic carbocycles. The van der Waals surface area contributed by atoms with E-state index in [-0.39, 0.29) is 10.9 Å². The fourth-order valence-corrected chi connectivity index (χ4v) is 5.71. The topological polar surface area (TPSA) is 57.2 Å². The Balaban J connectivity index is 0.000000350. The second kappa shape index (κ2) is 11.6. The van der Waals surface area contributed by atoms with E-state index < -0.39 is 15.6 Å². The minimum atomic E-state index is -6.09. The van der Waals surface area contributed by atoms with Crippen LogP contribution < -0.4 is 0 Å². The highest BCUT2D eigenvalue weighted by Gasteiger charge is 2.37.